The lowest BCUT2D eigenvalue weighted by Gasteiger charge is -1.94. The second-order valence-electron chi connectivity index (χ2n) is 5.48. The molecule has 0 radical (unpaired) electrons. The minimum atomic E-state index is -0.265. The number of nitrogens with zero attached hydrogens (tertiary/aromatic N) is 4. The molecular formula is C18H14N4OS2. The largest absolute Gasteiger partial charge is 0.319 e. The summed E-state index contributed by atoms with van der Waals surface area (Å²) in [6.45, 7) is 1.83. The van der Waals surface area contributed by atoms with Gasteiger partial charge in [-0.2, -0.15) is 4.99 Å². The predicted octanol–water partition coefficient (Wildman–Crippen LogP) is 3.81. The first-order chi connectivity index (χ1) is 12.1. The molecule has 25 heavy (non-hydrogen) atoms. The number of rotatable bonds is 2. The summed E-state index contributed by atoms with van der Waals surface area (Å²) in [4.78, 5) is 27.0. The van der Waals surface area contributed by atoms with Crippen molar-refractivity contribution in [3.8, 4) is 10.7 Å². The Morgan fingerprint density at radius 1 is 1.12 bits per heavy atom. The Bertz CT molecular complexity index is 1140. The summed E-state index contributed by atoms with van der Waals surface area (Å²) in [6, 6.07) is 13.7. The fraction of sp³-hybridized carbons (Fsp3) is 0.111. The quantitative estimate of drug-likeness (QED) is 0.542. The Balaban J connectivity index is 1.76. The molecule has 3 heterocycles. The third-order valence-corrected chi connectivity index (χ3v) is 6.07. The van der Waals surface area contributed by atoms with Crippen molar-refractivity contribution in [2.24, 2.45) is 12.0 Å². The fourth-order valence-electron chi connectivity index (χ4n) is 2.52. The molecule has 0 unspecified atom stereocenters. The Morgan fingerprint density at radius 3 is 2.68 bits per heavy atom. The van der Waals surface area contributed by atoms with Crippen LogP contribution in [0.1, 0.15) is 15.4 Å². The van der Waals surface area contributed by atoms with Gasteiger partial charge in [0.2, 0.25) is 0 Å². The lowest BCUT2D eigenvalue weighted by atomic mass is 10.3. The van der Waals surface area contributed by atoms with Crippen molar-refractivity contribution < 1.29 is 4.79 Å². The van der Waals surface area contributed by atoms with Crippen molar-refractivity contribution in [2.45, 2.75) is 6.92 Å². The second kappa shape index (κ2) is 6.34. The van der Waals surface area contributed by atoms with Crippen LogP contribution in [0.5, 0.6) is 0 Å². The smallest absolute Gasteiger partial charge is 0.291 e. The molecule has 0 saturated heterocycles. The molecule has 0 aliphatic carbocycles. The van der Waals surface area contributed by atoms with E-state index in [4.69, 9.17) is 0 Å². The van der Waals surface area contributed by atoms with Crippen LogP contribution in [0, 0.1) is 6.92 Å². The van der Waals surface area contributed by atoms with Gasteiger partial charge in [0.25, 0.3) is 5.91 Å². The lowest BCUT2D eigenvalue weighted by Crippen LogP contribution is -2.13. The number of para-hydroxylation sites is 1. The molecule has 0 fully saturated rings. The number of carbonyl (C=O) groups excluding carboxylic acids is 1. The van der Waals surface area contributed by atoms with Crippen molar-refractivity contribution in [1.82, 2.24) is 14.5 Å². The first kappa shape index (κ1) is 15.9. The summed E-state index contributed by atoms with van der Waals surface area (Å²) >= 11 is 2.83. The Morgan fingerprint density at radius 2 is 1.92 bits per heavy atom. The van der Waals surface area contributed by atoms with Crippen LogP contribution >= 0.6 is 22.7 Å². The Labute approximate surface area is 152 Å². The van der Waals surface area contributed by atoms with E-state index in [1.54, 1.807) is 6.20 Å². The van der Waals surface area contributed by atoms with E-state index in [9.17, 15) is 4.79 Å². The molecule has 0 aliphatic rings. The molecule has 1 aromatic carbocycles. The van der Waals surface area contributed by atoms with Crippen LogP contribution in [0.3, 0.4) is 0 Å². The van der Waals surface area contributed by atoms with E-state index in [0.29, 0.717) is 15.4 Å². The molecular weight excluding hydrogens is 352 g/mol. The highest BCUT2D eigenvalue weighted by atomic mass is 32.1. The molecule has 7 heteroatoms. The predicted molar refractivity (Wildman–Crippen MR) is 101 cm³/mol. The maximum absolute atomic E-state index is 12.7. The van der Waals surface area contributed by atoms with Gasteiger partial charge in [0, 0.05) is 13.2 Å². The van der Waals surface area contributed by atoms with Crippen LogP contribution in [-0.2, 0) is 7.05 Å². The molecule has 4 aromatic rings. The maximum atomic E-state index is 12.7. The number of thiazole rings is 2. The van der Waals surface area contributed by atoms with Crippen molar-refractivity contribution >= 4 is 38.8 Å². The third kappa shape index (κ3) is 2.92. The summed E-state index contributed by atoms with van der Waals surface area (Å²) < 4.78 is 3.04. The number of carbonyl (C=O) groups is 1. The zero-order chi connectivity index (χ0) is 17.4. The Hall–Kier alpha value is -2.64. The maximum Gasteiger partial charge on any atom is 0.291 e. The van der Waals surface area contributed by atoms with E-state index in [0.717, 1.165) is 20.9 Å². The molecule has 0 bridgehead atoms. The van der Waals surface area contributed by atoms with Crippen LogP contribution in [0.2, 0.25) is 0 Å². The van der Waals surface area contributed by atoms with Crippen molar-refractivity contribution in [1.29, 1.82) is 0 Å². The second-order valence-corrected chi connectivity index (χ2v) is 7.49. The third-order valence-electron chi connectivity index (χ3n) is 3.79. The van der Waals surface area contributed by atoms with Gasteiger partial charge in [0.1, 0.15) is 9.88 Å². The van der Waals surface area contributed by atoms with Gasteiger partial charge in [-0.25, -0.2) is 4.98 Å². The van der Waals surface area contributed by atoms with Gasteiger partial charge >= 0.3 is 0 Å². The van der Waals surface area contributed by atoms with Crippen LogP contribution < -0.4 is 4.80 Å². The first-order valence-corrected chi connectivity index (χ1v) is 9.29. The topological polar surface area (TPSA) is 60.1 Å². The van der Waals surface area contributed by atoms with E-state index in [2.05, 4.69) is 15.0 Å². The van der Waals surface area contributed by atoms with Gasteiger partial charge in [0.05, 0.1) is 21.6 Å². The van der Waals surface area contributed by atoms with Crippen LogP contribution in [-0.4, -0.2) is 20.4 Å². The van der Waals surface area contributed by atoms with Gasteiger partial charge in [-0.1, -0.05) is 29.5 Å². The lowest BCUT2D eigenvalue weighted by molar-refractivity contribution is 0.100. The number of pyridine rings is 1. The minimum absolute atomic E-state index is 0.265. The number of hydrogen-bond donors (Lipinski definition) is 0. The summed E-state index contributed by atoms with van der Waals surface area (Å²) in [7, 11) is 1.92. The van der Waals surface area contributed by atoms with Crippen LogP contribution in [0.4, 0.5) is 0 Å². The molecule has 3 aromatic heterocycles. The van der Waals surface area contributed by atoms with Gasteiger partial charge < -0.3 is 4.57 Å². The number of fused-ring (bicyclic) bond motifs is 1. The molecule has 0 N–H and O–H groups in total. The van der Waals surface area contributed by atoms with Crippen molar-refractivity contribution in [3.05, 3.63) is 64.0 Å². The van der Waals surface area contributed by atoms with Gasteiger partial charge in [0.15, 0.2) is 4.80 Å². The summed E-state index contributed by atoms with van der Waals surface area (Å²) in [6.07, 6.45) is 1.72. The number of aryl methyl sites for hydroxylation is 2. The zero-order valence-electron chi connectivity index (χ0n) is 13.6. The molecule has 0 atom stereocenters. The average Bonchev–Trinajstić information content (AvgIpc) is 3.17. The average molecular weight is 366 g/mol. The molecule has 1 amide bonds. The highest BCUT2D eigenvalue weighted by Gasteiger charge is 2.16. The minimum Gasteiger partial charge on any atom is -0.319 e. The van der Waals surface area contributed by atoms with E-state index in [1.165, 1.54) is 22.7 Å². The van der Waals surface area contributed by atoms with Gasteiger partial charge in [-0.3, -0.25) is 9.78 Å². The van der Waals surface area contributed by atoms with E-state index < -0.39 is 0 Å². The molecule has 0 aliphatic heterocycles. The highest BCUT2D eigenvalue weighted by molar-refractivity contribution is 7.17. The molecule has 5 nitrogen and oxygen atoms in total. The van der Waals surface area contributed by atoms with Gasteiger partial charge in [-0.15, -0.1) is 11.3 Å². The number of benzene rings is 1. The summed E-state index contributed by atoms with van der Waals surface area (Å²) in [5.74, 6) is -0.265. The first-order valence-electron chi connectivity index (χ1n) is 7.66. The standard InChI is InChI=1S/C18H14N4OS2/c1-11-15(25-17(20-11)12-7-5-6-10-19-12)16(23)21-18-22(2)13-8-3-4-9-14(13)24-18/h3-10H,1-2H3. The number of aromatic nitrogens is 3. The summed E-state index contributed by atoms with van der Waals surface area (Å²) in [5, 5.41) is 0.734. The van der Waals surface area contributed by atoms with Crippen molar-refractivity contribution in [3.63, 3.8) is 0 Å². The highest BCUT2D eigenvalue weighted by Crippen LogP contribution is 2.27. The Kier molecular flexibility index (Phi) is 4.03. The van der Waals surface area contributed by atoms with E-state index >= 15 is 0 Å². The normalized spacial score (nSPS) is 12.0. The molecule has 4 rings (SSSR count). The van der Waals surface area contributed by atoms with E-state index in [1.807, 2.05) is 61.0 Å². The molecule has 0 spiro atoms. The summed E-state index contributed by atoms with van der Waals surface area (Å²) in [5.41, 5.74) is 2.51. The van der Waals surface area contributed by atoms with Crippen molar-refractivity contribution in [2.75, 3.05) is 0 Å². The van der Waals surface area contributed by atoms with Crippen LogP contribution in [0.15, 0.2) is 53.7 Å². The molecule has 0 saturated carbocycles. The number of amides is 1. The zero-order valence-corrected chi connectivity index (χ0v) is 15.3. The SMILES string of the molecule is Cc1nc(-c2ccccn2)sc1C(=O)N=c1sc2ccccc2n1C. The number of hydrogen-bond acceptors (Lipinski definition) is 5. The fourth-order valence-corrected chi connectivity index (χ4v) is 4.46. The monoisotopic (exact) mass is 366 g/mol. The molecule has 124 valence electrons. The van der Waals surface area contributed by atoms with Crippen LogP contribution in [0.25, 0.3) is 20.9 Å². The van der Waals surface area contributed by atoms with E-state index in [-0.39, 0.29) is 5.91 Å². The van der Waals surface area contributed by atoms with Gasteiger partial charge in [-0.05, 0) is 31.2 Å².